The van der Waals surface area contributed by atoms with Gasteiger partial charge in [0.25, 0.3) is 0 Å². The Labute approximate surface area is 103 Å². The van der Waals surface area contributed by atoms with Gasteiger partial charge in [-0.25, -0.2) is 9.97 Å². The molecule has 1 aliphatic carbocycles. The van der Waals surface area contributed by atoms with Gasteiger partial charge in [-0.3, -0.25) is 0 Å². The van der Waals surface area contributed by atoms with Gasteiger partial charge in [-0.2, -0.15) is 0 Å². The van der Waals surface area contributed by atoms with Crippen LogP contribution < -0.4 is 0 Å². The monoisotopic (exact) mass is 322 g/mol. The van der Waals surface area contributed by atoms with Crippen molar-refractivity contribution in [1.29, 1.82) is 0 Å². The summed E-state index contributed by atoms with van der Waals surface area (Å²) in [6.07, 6.45) is 4.55. The van der Waals surface area contributed by atoms with Crippen LogP contribution in [0.1, 0.15) is 43.6 Å². The first-order valence-corrected chi connectivity index (χ1v) is 6.39. The number of halogens is 2. The van der Waals surface area contributed by atoms with Crippen LogP contribution in [0.15, 0.2) is 0 Å². The summed E-state index contributed by atoms with van der Waals surface area (Å²) in [4.78, 5) is 8.91. The van der Waals surface area contributed by atoms with E-state index in [-0.39, 0.29) is 0 Å². The first-order valence-electron chi connectivity index (χ1n) is 4.94. The maximum Gasteiger partial charge on any atom is 0.146 e. The highest BCUT2D eigenvalue weighted by molar-refractivity contribution is 14.1. The lowest BCUT2D eigenvalue weighted by Crippen LogP contribution is -2.02. The maximum absolute atomic E-state index is 6.07. The van der Waals surface area contributed by atoms with Crippen molar-refractivity contribution in [1.82, 2.24) is 9.97 Å². The molecule has 0 saturated heterocycles. The summed E-state index contributed by atoms with van der Waals surface area (Å²) < 4.78 is 1.02. The maximum atomic E-state index is 6.07. The van der Waals surface area contributed by atoms with Gasteiger partial charge in [-0.05, 0) is 41.9 Å². The van der Waals surface area contributed by atoms with Gasteiger partial charge in [0, 0.05) is 5.92 Å². The standard InChI is InChI=1S/C10H12ClIN2/c1-2-3-7-8(12)9(11)14-10(13-7)6-4-5-6/h6H,2-5H2,1H3. The molecule has 14 heavy (non-hydrogen) atoms. The Morgan fingerprint density at radius 3 is 2.71 bits per heavy atom. The summed E-state index contributed by atoms with van der Waals surface area (Å²) in [5.41, 5.74) is 1.12. The normalized spacial score (nSPS) is 15.9. The molecule has 1 heterocycles. The minimum atomic E-state index is 0.583. The van der Waals surface area contributed by atoms with Gasteiger partial charge in [-0.15, -0.1) is 0 Å². The van der Waals surface area contributed by atoms with Crippen molar-refractivity contribution in [2.24, 2.45) is 0 Å². The molecule has 0 radical (unpaired) electrons. The lowest BCUT2D eigenvalue weighted by molar-refractivity contribution is 0.821. The second-order valence-corrected chi connectivity index (χ2v) is 5.09. The molecule has 1 saturated carbocycles. The van der Waals surface area contributed by atoms with E-state index in [9.17, 15) is 0 Å². The quantitative estimate of drug-likeness (QED) is 0.628. The van der Waals surface area contributed by atoms with Gasteiger partial charge in [0.15, 0.2) is 0 Å². The Morgan fingerprint density at radius 2 is 2.14 bits per heavy atom. The van der Waals surface area contributed by atoms with Crippen LogP contribution in [0.4, 0.5) is 0 Å². The molecule has 2 nitrogen and oxygen atoms in total. The van der Waals surface area contributed by atoms with Gasteiger partial charge >= 0.3 is 0 Å². The lowest BCUT2D eigenvalue weighted by atomic mass is 10.2. The number of aryl methyl sites for hydroxylation is 1. The van der Waals surface area contributed by atoms with Crippen LogP contribution in [0.5, 0.6) is 0 Å². The average Bonchev–Trinajstić information content (AvgIpc) is 2.96. The first-order chi connectivity index (χ1) is 6.72. The first kappa shape index (κ1) is 10.6. The van der Waals surface area contributed by atoms with Crippen LogP contribution in [0, 0.1) is 3.57 Å². The minimum absolute atomic E-state index is 0.583. The van der Waals surface area contributed by atoms with Gasteiger partial charge in [0.05, 0.1) is 9.26 Å². The summed E-state index contributed by atoms with van der Waals surface area (Å²) in [6.45, 7) is 2.16. The molecular formula is C10H12ClIN2. The molecule has 76 valence electrons. The van der Waals surface area contributed by atoms with Crippen LogP contribution in [0.3, 0.4) is 0 Å². The SMILES string of the molecule is CCCc1nc(C2CC2)nc(Cl)c1I. The zero-order valence-corrected chi connectivity index (χ0v) is 11.0. The van der Waals surface area contributed by atoms with E-state index >= 15 is 0 Å². The van der Waals surface area contributed by atoms with E-state index < -0.39 is 0 Å². The summed E-state index contributed by atoms with van der Waals surface area (Å²) in [7, 11) is 0. The van der Waals surface area contributed by atoms with E-state index in [1.165, 1.54) is 12.8 Å². The zero-order chi connectivity index (χ0) is 10.1. The van der Waals surface area contributed by atoms with E-state index in [0.717, 1.165) is 27.9 Å². The Morgan fingerprint density at radius 1 is 1.43 bits per heavy atom. The number of nitrogens with zero attached hydrogens (tertiary/aromatic N) is 2. The van der Waals surface area contributed by atoms with E-state index in [2.05, 4.69) is 39.5 Å². The molecule has 0 aliphatic heterocycles. The van der Waals surface area contributed by atoms with Gasteiger partial charge in [0.2, 0.25) is 0 Å². The second kappa shape index (κ2) is 4.31. The molecule has 0 aromatic carbocycles. The second-order valence-electron chi connectivity index (χ2n) is 3.66. The van der Waals surface area contributed by atoms with Crippen molar-refractivity contribution in [3.8, 4) is 0 Å². The van der Waals surface area contributed by atoms with Crippen molar-refractivity contribution in [2.45, 2.75) is 38.5 Å². The minimum Gasteiger partial charge on any atom is -0.236 e. The highest BCUT2D eigenvalue weighted by Crippen LogP contribution is 2.39. The molecule has 2 rings (SSSR count). The fraction of sp³-hybridized carbons (Fsp3) is 0.600. The zero-order valence-electron chi connectivity index (χ0n) is 8.06. The van der Waals surface area contributed by atoms with Crippen LogP contribution in [-0.4, -0.2) is 9.97 Å². The predicted molar refractivity (Wildman–Crippen MR) is 65.7 cm³/mol. The topological polar surface area (TPSA) is 25.8 Å². The number of aromatic nitrogens is 2. The van der Waals surface area contributed by atoms with Crippen molar-refractivity contribution in [2.75, 3.05) is 0 Å². The Kier molecular flexibility index (Phi) is 3.27. The van der Waals surface area contributed by atoms with Gasteiger partial charge < -0.3 is 0 Å². The largest absolute Gasteiger partial charge is 0.236 e. The van der Waals surface area contributed by atoms with E-state index in [4.69, 9.17) is 11.6 Å². The molecule has 0 amide bonds. The summed E-state index contributed by atoms with van der Waals surface area (Å²) in [5, 5.41) is 0.631. The highest BCUT2D eigenvalue weighted by Gasteiger charge is 2.27. The summed E-state index contributed by atoms with van der Waals surface area (Å²) in [6, 6.07) is 0. The van der Waals surface area contributed by atoms with E-state index in [0.29, 0.717) is 11.1 Å². The number of hydrogen-bond acceptors (Lipinski definition) is 2. The smallest absolute Gasteiger partial charge is 0.146 e. The highest BCUT2D eigenvalue weighted by atomic mass is 127. The van der Waals surface area contributed by atoms with Crippen molar-refractivity contribution < 1.29 is 0 Å². The molecule has 0 atom stereocenters. The Balaban J connectivity index is 2.35. The van der Waals surface area contributed by atoms with Crippen molar-refractivity contribution in [3.05, 3.63) is 20.2 Å². The predicted octanol–water partition coefficient (Wildman–Crippen LogP) is 3.56. The Hall–Kier alpha value is 0.100. The van der Waals surface area contributed by atoms with Gasteiger partial charge in [0.1, 0.15) is 11.0 Å². The van der Waals surface area contributed by atoms with Crippen LogP contribution >= 0.6 is 34.2 Å². The van der Waals surface area contributed by atoms with Gasteiger partial charge in [-0.1, -0.05) is 24.9 Å². The number of rotatable bonds is 3. The molecule has 4 heteroatoms. The third kappa shape index (κ3) is 2.19. The lowest BCUT2D eigenvalue weighted by Gasteiger charge is -2.06. The summed E-state index contributed by atoms with van der Waals surface area (Å²) >= 11 is 8.30. The van der Waals surface area contributed by atoms with E-state index in [1.807, 2.05) is 0 Å². The molecule has 0 N–H and O–H groups in total. The molecule has 0 bridgehead atoms. The molecule has 1 aromatic rings. The van der Waals surface area contributed by atoms with Crippen LogP contribution in [0.2, 0.25) is 5.15 Å². The fourth-order valence-corrected chi connectivity index (χ4v) is 2.11. The molecule has 1 aliphatic rings. The third-order valence-electron chi connectivity index (χ3n) is 2.33. The molecule has 1 fully saturated rings. The third-order valence-corrected chi connectivity index (χ3v) is 4.05. The van der Waals surface area contributed by atoms with E-state index in [1.54, 1.807) is 0 Å². The summed E-state index contributed by atoms with van der Waals surface area (Å²) in [5.74, 6) is 1.54. The molecule has 0 unspecified atom stereocenters. The Bertz CT molecular complexity index is 350. The molecule has 1 aromatic heterocycles. The average molecular weight is 323 g/mol. The number of hydrogen-bond donors (Lipinski definition) is 0. The fourth-order valence-electron chi connectivity index (χ4n) is 1.41. The van der Waals surface area contributed by atoms with Crippen LogP contribution in [-0.2, 0) is 6.42 Å². The van der Waals surface area contributed by atoms with Crippen LogP contribution in [0.25, 0.3) is 0 Å². The van der Waals surface area contributed by atoms with Crippen molar-refractivity contribution >= 4 is 34.2 Å². The van der Waals surface area contributed by atoms with Crippen molar-refractivity contribution in [3.63, 3.8) is 0 Å². The molecular weight excluding hydrogens is 310 g/mol. The molecule has 0 spiro atoms.